The predicted octanol–water partition coefficient (Wildman–Crippen LogP) is 5.35. The van der Waals surface area contributed by atoms with Crippen LogP contribution in [-0.4, -0.2) is 42.7 Å². The van der Waals surface area contributed by atoms with Crippen LogP contribution in [0.3, 0.4) is 0 Å². The Morgan fingerprint density at radius 2 is 1.87 bits per heavy atom. The van der Waals surface area contributed by atoms with E-state index in [0.717, 1.165) is 55.2 Å². The Hall–Kier alpha value is -2.79. The lowest BCUT2D eigenvalue weighted by Gasteiger charge is -2.33. The molecule has 0 amide bonds. The van der Waals surface area contributed by atoms with Crippen molar-refractivity contribution in [1.29, 1.82) is 0 Å². The molecule has 4 rings (SSSR count). The molecule has 0 unspecified atom stereocenters. The predicted molar refractivity (Wildman–Crippen MR) is 127 cm³/mol. The number of fused-ring (bicyclic) bond motifs is 1. The van der Waals surface area contributed by atoms with Crippen LogP contribution < -0.4 is 14.8 Å². The molecule has 0 saturated carbocycles. The summed E-state index contributed by atoms with van der Waals surface area (Å²) in [7, 11) is 1.69. The number of likely N-dealkylation sites (tertiary alicyclic amines) is 1. The molecule has 1 fully saturated rings. The van der Waals surface area contributed by atoms with Crippen molar-refractivity contribution in [2.45, 2.75) is 39.3 Å². The van der Waals surface area contributed by atoms with Gasteiger partial charge in [-0.15, -0.1) is 0 Å². The number of aromatic nitrogens is 1. The first-order chi connectivity index (χ1) is 15.1. The van der Waals surface area contributed by atoms with E-state index in [9.17, 15) is 0 Å². The fraction of sp³-hybridized carbons (Fsp3) is 0.423. The summed E-state index contributed by atoms with van der Waals surface area (Å²) in [6.07, 6.45) is 4.20. The largest absolute Gasteiger partial charge is 0.493 e. The number of ether oxygens (including phenoxy) is 2. The second-order valence-corrected chi connectivity index (χ2v) is 8.80. The summed E-state index contributed by atoms with van der Waals surface area (Å²) in [5.41, 5.74) is 3.42. The summed E-state index contributed by atoms with van der Waals surface area (Å²) in [5, 5.41) is 4.86. The molecule has 0 bridgehead atoms. The summed E-state index contributed by atoms with van der Waals surface area (Å²) in [5.74, 6) is 2.13. The smallest absolute Gasteiger partial charge is 0.161 e. The van der Waals surface area contributed by atoms with Gasteiger partial charge in [-0.25, -0.2) is 0 Å². The van der Waals surface area contributed by atoms with E-state index < -0.39 is 0 Å². The SMILES string of the molecule is COc1ccc(CN2CCC(Nc3cnc4ccccc4c3)CC2)cc1OCC(C)C. The molecule has 5 nitrogen and oxygen atoms in total. The van der Waals surface area contributed by atoms with Gasteiger partial charge in [0.15, 0.2) is 11.5 Å². The van der Waals surface area contributed by atoms with Crippen LogP contribution in [0.1, 0.15) is 32.3 Å². The van der Waals surface area contributed by atoms with Crippen molar-refractivity contribution in [2.75, 3.05) is 32.1 Å². The van der Waals surface area contributed by atoms with Crippen LogP contribution in [0.2, 0.25) is 0 Å². The fourth-order valence-electron chi connectivity index (χ4n) is 4.07. The molecule has 0 aliphatic carbocycles. The number of benzene rings is 2. The summed E-state index contributed by atoms with van der Waals surface area (Å²) < 4.78 is 11.4. The molecule has 1 saturated heterocycles. The van der Waals surface area contributed by atoms with Gasteiger partial charge >= 0.3 is 0 Å². The number of nitrogens with one attached hydrogen (secondary N) is 1. The van der Waals surface area contributed by atoms with Crippen molar-refractivity contribution in [3.8, 4) is 11.5 Å². The van der Waals surface area contributed by atoms with E-state index in [0.29, 0.717) is 18.6 Å². The normalized spacial score (nSPS) is 15.4. The van der Waals surface area contributed by atoms with Crippen molar-refractivity contribution in [3.63, 3.8) is 0 Å². The van der Waals surface area contributed by atoms with Crippen LogP contribution in [0.15, 0.2) is 54.7 Å². The minimum atomic E-state index is 0.484. The topological polar surface area (TPSA) is 46.6 Å². The maximum atomic E-state index is 5.97. The molecule has 2 aromatic carbocycles. The Morgan fingerprint density at radius 1 is 1.06 bits per heavy atom. The lowest BCUT2D eigenvalue weighted by atomic mass is 10.0. The van der Waals surface area contributed by atoms with Crippen LogP contribution in [0.5, 0.6) is 11.5 Å². The summed E-state index contributed by atoms with van der Waals surface area (Å²) in [6, 6.07) is 17.2. The molecule has 1 aromatic heterocycles. The van der Waals surface area contributed by atoms with Crippen LogP contribution >= 0.6 is 0 Å². The molecule has 5 heteroatoms. The molecule has 31 heavy (non-hydrogen) atoms. The van der Waals surface area contributed by atoms with Crippen molar-refractivity contribution in [2.24, 2.45) is 5.92 Å². The minimum absolute atomic E-state index is 0.484. The van der Waals surface area contributed by atoms with E-state index in [2.05, 4.69) is 65.4 Å². The van der Waals surface area contributed by atoms with Crippen LogP contribution in [0.4, 0.5) is 5.69 Å². The first kappa shape index (κ1) is 21.4. The molecule has 2 heterocycles. The summed E-state index contributed by atoms with van der Waals surface area (Å²) in [6.45, 7) is 8.09. The van der Waals surface area contributed by atoms with Gasteiger partial charge in [0.2, 0.25) is 0 Å². The van der Waals surface area contributed by atoms with E-state index in [1.807, 2.05) is 18.3 Å². The highest BCUT2D eigenvalue weighted by atomic mass is 16.5. The average molecular weight is 420 g/mol. The molecule has 1 N–H and O–H groups in total. The first-order valence-corrected chi connectivity index (χ1v) is 11.2. The first-order valence-electron chi connectivity index (χ1n) is 11.2. The third kappa shape index (κ3) is 5.67. The standard InChI is InChI=1S/C26H33N3O2/c1-19(2)18-31-26-14-20(8-9-25(26)30-3)17-29-12-10-22(11-13-29)28-23-15-21-6-4-5-7-24(21)27-16-23/h4-9,14-16,19,22,28H,10-13,17-18H2,1-3H3. The van der Waals surface area contributed by atoms with Crippen molar-refractivity contribution in [3.05, 3.63) is 60.3 Å². The number of hydrogen-bond donors (Lipinski definition) is 1. The molecule has 0 radical (unpaired) electrons. The van der Waals surface area contributed by atoms with Gasteiger partial charge in [-0.1, -0.05) is 38.1 Å². The molecule has 3 aromatic rings. The van der Waals surface area contributed by atoms with Crippen molar-refractivity contribution in [1.82, 2.24) is 9.88 Å². The second-order valence-electron chi connectivity index (χ2n) is 8.80. The lowest BCUT2D eigenvalue weighted by molar-refractivity contribution is 0.210. The van der Waals surface area contributed by atoms with Gasteiger partial charge in [0.05, 0.1) is 31.1 Å². The molecule has 1 aliphatic rings. The molecule has 1 aliphatic heterocycles. The van der Waals surface area contributed by atoms with E-state index in [-0.39, 0.29) is 0 Å². The number of methoxy groups -OCH3 is 1. The monoisotopic (exact) mass is 419 g/mol. The summed E-state index contributed by atoms with van der Waals surface area (Å²) in [4.78, 5) is 7.09. The molecule has 0 spiro atoms. The average Bonchev–Trinajstić information content (AvgIpc) is 2.79. The van der Waals surface area contributed by atoms with Crippen molar-refractivity contribution < 1.29 is 9.47 Å². The third-order valence-electron chi connectivity index (χ3n) is 5.76. The maximum absolute atomic E-state index is 5.97. The highest BCUT2D eigenvalue weighted by Crippen LogP contribution is 2.29. The van der Waals surface area contributed by atoms with Gasteiger partial charge in [0.1, 0.15) is 0 Å². The Labute approximate surface area is 185 Å². The van der Waals surface area contributed by atoms with Crippen molar-refractivity contribution >= 4 is 16.6 Å². The van der Waals surface area contributed by atoms with E-state index in [4.69, 9.17) is 9.47 Å². The van der Waals surface area contributed by atoms with Gasteiger partial charge in [0, 0.05) is 31.1 Å². The number of anilines is 1. The highest BCUT2D eigenvalue weighted by Gasteiger charge is 2.20. The molecule has 0 atom stereocenters. The van der Waals surface area contributed by atoms with E-state index >= 15 is 0 Å². The van der Waals surface area contributed by atoms with Crippen LogP contribution in [0.25, 0.3) is 10.9 Å². The number of hydrogen-bond acceptors (Lipinski definition) is 5. The number of rotatable bonds is 8. The minimum Gasteiger partial charge on any atom is -0.493 e. The third-order valence-corrected chi connectivity index (χ3v) is 5.76. The maximum Gasteiger partial charge on any atom is 0.161 e. The Morgan fingerprint density at radius 3 is 2.65 bits per heavy atom. The van der Waals surface area contributed by atoms with Crippen LogP contribution in [0, 0.1) is 5.92 Å². The van der Waals surface area contributed by atoms with Gasteiger partial charge in [-0.2, -0.15) is 0 Å². The fourth-order valence-corrected chi connectivity index (χ4v) is 4.07. The Balaban J connectivity index is 1.31. The number of pyridine rings is 1. The van der Waals surface area contributed by atoms with Gasteiger partial charge < -0.3 is 14.8 Å². The van der Waals surface area contributed by atoms with Crippen LogP contribution in [-0.2, 0) is 6.54 Å². The summed E-state index contributed by atoms with van der Waals surface area (Å²) >= 11 is 0. The molecule has 164 valence electrons. The number of piperidine rings is 1. The second kappa shape index (κ2) is 10.0. The molecular formula is C26H33N3O2. The molecular weight excluding hydrogens is 386 g/mol. The highest BCUT2D eigenvalue weighted by molar-refractivity contribution is 5.81. The number of nitrogens with zero attached hydrogens (tertiary/aromatic N) is 2. The van der Waals surface area contributed by atoms with Gasteiger partial charge in [-0.3, -0.25) is 9.88 Å². The van der Waals surface area contributed by atoms with Gasteiger partial charge in [0.25, 0.3) is 0 Å². The zero-order valence-electron chi connectivity index (χ0n) is 18.8. The van der Waals surface area contributed by atoms with E-state index in [1.54, 1.807) is 7.11 Å². The quantitative estimate of drug-likeness (QED) is 0.533. The van der Waals surface area contributed by atoms with Gasteiger partial charge in [-0.05, 0) is 48.6 Å². The number of para-hydroxylation sites is 1. The van der Waals surface area contributed by atoms with E-state index in [1.165, 1.54) is 10.9 Å². The zero-order chi connectivity index (χ0) is 21.6. The Bertz CT molecular complexity index is 997. The Kier molecular flexibility index (Phi) is 6.92. The zero-order valence-corrected chi connectivity index (χ0v) is 18.8. The lowest BCUT2D eigenvalue weighted by Crippen LogP contribution is -2.38.